The first-order chi connectivity index (χ1) is 9.35. The van der Waals surface area contributed by atoms with Crippen molar-refractivity contribution >= 4 is 23.2 Å². The van der Waals surface area contributed by atoms with Crippen molar-refractivity contribution in [1.82, 2.24) is 0 Å². The van der Waals surface area contributed by atoms with Crippen LogP contribution >= 0.6 is 23.2 Å². The van der Waals surface area contributed by atoms with E-state index in [0.717, 1.165) is 11.1 Å². The molecule has 0 saturated carbocycles. The fraction of sp³-hybridized carbons (Fsp3) is 0.250. The highest BCUT2D eigenvalue weighted by atomic mass is 35.5. The van der Waals surface area contributed by atoms with Crippen molar-refractivity contribution in [2.24, 2.45) is 0 Å². The van der Waals surface area contributed by atoms with Gasteiger partial charge in [0, 0.05) is 22.9 Å². The monoisotopic (exact) mass is 312 g/mol. The summed E-state index contributed by atoms with van der Waals surface area (Å²) in [5.41, 5.74) is 0.687. The molecule has 2 rings (SSSR count). The SMILES string of the molecule is CC(O)(Cc1ccc(F)cc1)Cc1cc(Cl)ccc1Cl. The van der Waals surface area contributed by atoms with E-state index in [9.17, 15) is 9.50 Å². The van der Waals surface area contributed by atoms with Crippen LogP contribution in [0.2, 0.25) is 10.0 Å². The number of halogens is 3. The summed E-state index contributed by atoms with van der Waals surface area (Å²) in [7, 11) is 0. The minimum absolute atomic E-state index is 0.286. The Morgan fingerprint density at radius 3 is 2.35 bits per heavy atom. The van der Waals surface area contributed by atoms with Gasteiger partial charge in [-0.05, 0) is 48.4 Å². The zero-order valence-corrected chi connectivity index (χ0v) is 12.5. The van der Waals surface area contributed by atoms with Crippen molar-refractivity contribution in [3.8, 4) is 0 Å². The molecule has 0 aliphatic carbocycles. The van der Waals surface area contributed by atoms with E-state index in [1.807, 2.05) is 0 Å². The van der Waals surface area contributed by atoms with Crippen molar-refractivity contribution in [2.45, 2.75) is 25.4 Å². The Morgan fingerprint density at radius 1 is 1.05 bits per heavy atom. The van der Waals surface area contributed by atoms with Gasteiger partial charge >= 0.3 is 0 Å². The van der Waals surface area contributed by atoms with Crippen molar-refractivity contribution in [3.05, 3.63) is 69.5 Å². The molecule has 0 aliphatic heterocycles. The van der Waals surface area contributed by atoms with Gasteiger partial charge in [0.05, 0.1) is 5.60 Å². The lowest BCUT2D eigenvalue weighted by Crippen LogP contribution is -2.30. The second-order valence-electron chi connectivity index (χ2n) is 5.21. The van der Waals surface area contributed by atoms with Crippen LogP contribution in [0.4, 0.5) is 4.39 Å². The molecule has 0 spiro atoms. The maximum atomic E-state index is 12.9. The second kappa shape index (κ2) is 6.13. The standard InChI is InChI=1S/C16H15Cl2FO/c1-16(20,9-11-2-5-14(19)6-3-11)10-12-8-13(17)4-7-15(12)18/h2-8,20H,9-10H2,1H3. The number of rotatable bonds is 4. The molecule has 1 atom stereocenters. The zero-order valence-electron chi connectivity index (χ0n) is 11.0. The van der Waals surface area contributed by atoms with Crippen molar-refractivity contribution in [2.75, 3.05) is 0 Å². The molecule has 106 valence electrons. The Morgan fingerprint density at radius 2 is 1.70 bits per heavy atom. The van der Waals surface area contributed by atoms with E-state index < -0.39 is 5.60 Å². The van der Waals surface area contributed by atoms with Crippen LogP contribution in [0.15, 0.2) is 42.5 Å². The molecule has 0 fully saturated rings. The predicted molar refractivity (Wildman–Crippen MR) is 80.9 cm³/mol. The summed E-state index contributed by atoms with van der Waals surface area (Å²) in [6.07, 6.45) is 0.792. The van der Waals surface area contributed by atoms with Crippen LogP contribution in [0.1, 0.15) is 18.1 Å². The highest BCUT2D eigenvalue weighted by Gasteiger charge is 2.23. The molecule has 1 nitrogen and oxygen atoms in total. The normalized spacial score (nSPS) is 14.1. The largest absolute Gasteiger partial charge is 0.389 e. The Bertz CT molecular complexity index is 594. The number of benzene rings is 2. The molecule has 0 aliphatic rings. The maximum absolute atomic E-state index is 12.9. The number of aliphatic hydroxyl groups is 1. The van der Waals surface area contributed by atoms with Gasteiger partial charge in [0.1, 0.15) is 5.82 Å². The lowest BCUT2D eigenvalue weighted by molar-refractivity contribution is 0.0608. The van der Waals surface area contributed by atoms with E-state index in [0.29, 0.717) is 22.9 Å². The Balaban J connectivity index is 2.14. The van der Waals surface area contributed by atoms with Gasteiger partial charge in [0.25, 0.3) is 0 Å². The van der Waals surface area contributed by atoms with Gasteiger partial charge in [-0.1, -0.05) is 35.3 Å². The summed E-state index contributed by atoms with van der Waals surface area (Å²) in [4.78, 5) is 0. The van der Waals surface area contributed by atoms with Crippen LogP contribution in [-0.2, 0) is 12.8 Å². The predicted octanol–water partition coefficient (Wildman–Crippen LogP) is 4.67. The van der Waals surface area contributed by atoms with Crippen LogP contribution in [0.3, 0.4) is 0 Å². The first-order valence-corrected chi connectivity index (χ1v) is 7.02. The Hall–Kier alpha value is -1.09. The van der Waals surface area contributed by atoms with E-state index in [1.165, 1.54) is 12.1 Å². The molecular formula is C16H15Cl2FO. The third kappa shape index (κ3) is 4.20. The molecule has 0 bridgehead atoms. The molecule has 0 saturated heterocycles. The molecule has 0 aromatic heterocycles. The van der Waals surface area contributed by atoms with Gasteiger partial charge in [-0.15, -0.1) is 0 Å². The lowest BCUT2D eigenvalue weighted by atomic mass is 9.90. The maximum Gasteiger partial charge on any atom is 0.123 e. The van der Waals surface area contributed by atoms with Gasteiger partial charge in [0.2, 0.25) is 0 Å². The van der Waals surface area contributed by atoms with Crippen LogP contribution in [0.25, 0.3) is 0 Å². The van der Waals surface area contributed by atoms with Gasteiger partial charge in [-0.25, -0.2) is 4.39 Å². The Labute approximate surface area is 128 Å². The third-order valence-electron chi connectivity index (χ3n) is 3.08. The summed E-state index contributed by atoms with van der Waals surface area (Å²) in [5.74, 6) is -0.286. The average Bonchev–Trinajstić information content (AvgIpc) is 2.36. The average molecular weight is 313 g/mol. The van der Waals surface area contributed by atoms with E-state index in [2.05, 4.69) is 0 Å². The summed E-state index contributed by atoms with van der Waals surface area (Å²) in [5, 5.41) is 11.7. The second-order valence-corrected chi connectivity index (χ2v) is 6.06. The first kappa shape index (κ1) is 15.3. The van der Waals surface area contributed by atoms with Crippen LogP contribution in [-0.4, -0.2) is 10.7 Å². The van der Waals surface area contributed by atoms with Crippen molar-refractivity contribution in [1.29, 1.82) is 0 Å². The molecule has 2 aromatic rings. The number of hydrogen-bond donors (Lipinski definition) is 1. The lowest BCUT2D eigenvalue weighted by Gasteiger charge is -2.24. The van der Waals surface area contributed by atoms with E-state index in [4.69, 9.17) is 23.2 Å². The van der Waals surface area contributed by atoms with Crippen LogP contribution in [0.5, 0.6) is 0 Å². The highest BCUT2D eigenvalue weighted by Crippen LogP contribution is 2.26. The smallest absolute Gasteiger partial charge is 0.123 e. The molecule has 20 heavy (non-hydrogen) atoms. The molecule has 0 heterocycles. The van der Waals surface area contributed by atoms with Gasteiger partial charge in [-0.3, -0.25) is 0 Å². The molecule has 2 aromatic carbocycles. The zero-order chi connectivity index (χ0) is 14.8. The van der Waals surface area contributed by atoms with E-state index in [1.54, 1.807) is 37.3 Å². The number of hydrogen-bond acceptors (Lipinski definition) is 1. The highest BCUT2D eigenvalue weighted by molar-refractivity contribution is 6.33. The fourth-order valence-electron chi connectivity index (χ4n) is 2.19. The van der Waals surface area contributed by atoms with Crippen LogP contribution < -0.4 is 0 Å². The molecule has 0 radical (unpaired) electrons. The molecule has 4 heteroatoms. The van der Waals surface area contributed by atoms with E-state index in [-0.39, 0.29) is 5.82 Å². The quantitative estimate of drug-likeness (QED) is 0.870. The van der Waals surface area contributed by atoms with E-state index >= 15 is 0 Å². The topological polar surface area (TPSA) is 20.2 Å². The summed E-state index contributed by atoms with van der Waals surface area (Å²) in [6, 6.07) is 11.3. The summed E-state index contributed by atoms with van der Waals surface area (Å²) >= 11 is 12.0. The van der Waals surface area contributed by atoms with Gasteiger partial charge in [-0.2, -0.15) is 0 Å². The van der Waals surface area contributed by atoms with Crippen molar-refractivity contribution < 1.29 is 9.50 Å². The van der Waals surface area contributed by atoms with Gasteiger partial charge < -0.3 is 5.11 Å². The van der Waals surface area contributed by atoms with Crippen molar-refractivity contribution in [3.63, 3.8) is 0 Å². The molecule has 1 N–H and O–H groups in total. The molecular weight excluding hydrogens is 298 g/mol. The minimum atomic E-state index is -0.980. The van der Waals surface area contributed by atoms with Crippen LogP contribution in [0, 0.1) is 5.82 Å². The van der Waals surface area contributed by atoms with Gasteiger partial charge in [0.15, 0.2) is 0 Å². The minimum Gasteiger partial charge on any atom is -0.389 e. The fourth-order valence-corrected chi connectivity index (χ4v) is 2.57. The molecule has 1 unspecified atom stereocenters. The Kier molecular flexibility index (Phi) is 4.69. The first-order valence-electron chi connectivity index (χ1n) is 6.26. The third-order valence-corrected chi connectivity index (χ3v) is 3.68. The summed E-state index contributed by atoms with van der Waals surface area (Å²) < 4.78 is 12.9. The summed E-state index contributed by atoms with van der Waals surface area (Å²) in [6.45, 7) is 1.73. The molecule has 0 amide bonds.